The summed E-state index contributed by atoms with van der Waals surface area (Å²) < 4.78 is 0. The molecule has 0 aliphatic heterocycles. The van der Waals surface area contributed by atoms with E-state index in [1.807, 2.05) is 26.0 Å². The Hall–Kier alpha value is -1.84. The van der Waals surface area contributed by atoms with E-state index in [9.17, 15) is 14.7 Å². The quantitative estimate of drug-likeness (QED) is 0.754. The van der Waals surface area contributed by atoms with Crippen molar-refractivity contribution in [1.29, 1.82) is 0 Å². The molecule has 4 heteroatoms. The second-order valence-corrected chi connectivity index (χ2v) is 4.01. The Morgan fingerprint density at radius 2 is 2.06 bits per heavy atom. The van der Waals surface area contributed by atoms with Gasteiger partial charge in [0.15, 0.2) is 5.54 Å². The van der Waals surface area contributed by atoms with Crippen LogP contribution in [0.3, 0.4) is 0 Å². The van der Waals surface area contributed by atoms with Gasteiger partial charge >= 0.3 is 5.97 Å². The van der Waals surface area contributed by atoms with Crippen LogP contribution in [0.5, 0.6) is 0 Å². The van der Waals surface area contributed by atoms with Crippen LogP contribution in [0.1, 0.15) is 23.6 Å². The van der Waals surface area contributed by atoms with E-state index in [-0.39, 0.29) is 0 Å². The van der Waals surface area contributed by atoms with Crippen LogP contribution in [-0.4, -0.2) is 17.5 Å². The standard InChI is InChI=1S/C12H15NO3/c1-8-4-5-10(9(2)6-8)12(3,11(15)16)13-7-14/h4-7H,1-3H3,(H,13,14)(H,15,16). The molecule has 0 fully saturated rings. The molecule has 0 aromatic heterocycles. The Kier molecular flexibility index (Phi) is 3.32. The predicted octanol–water partition coefficient (Wildman–Crippen LogP) is 1.35. The van der Waals surface area contributed by atoms with E-state index in [2.05, 4.69) is 5.32 Å². The molecule has 4 nitrogen and oxygen atoms in total. The van der Waals surface area contributed by atoms with Crippen LogP contribution in [-0.2, 0) is 15.1 Å². The van der Waals surface area contributed by atoms with E-state index in [0.717, 1.165) is 11.1 Å². The molecule has 0 spiro atoms. The van der Waals surface area contributed by atoms with Crippen LogP contribution in [0.4, 0.5) is 0 Å². The van der Waals surface area contributed by atoms with Gasteiger partial charge in [-0.25, -0.2) is 4.79 Å². The second kappa shape index (κ2) is 4.35. The molecule has 1 unspecified atom stereocenters. The van der Waals surface area contributed by atoms with Gasteiger partial charge in [0.05, 0.1) is 0 Å². The molecule has 0 bridgehead atoms. The zero-order valence-corrected chi connectivity index (χ0v) is 9.57. The first-order valence-electron chi connectivity index (χ1n) is 4.94. The van der Waals surface area contributed by atoms with Crippen molar-refractivity contribution >= 4 is 12.4 Å². The third-order valence-corrected chi connectivity index (χ3v) is 2.70. The number of hydrogen-bond acceptors (Lipinski definition) is 2. The summed E-state index contributed by atoms with van der Waals surface area (Å²) in [7, 11) is 0. The van der Waals surface area contributed by atoms with E-state index < -0.39 is 11.5 Å². The average Bonchev–Trinajstić information content (AvgIpc) is 2.17. The van der Waals surface area contributed by atoms with Crippen molar-refractivity contribution in [2.24, 2.45) is 0 Å². The van der Waals surface area contributed by atoms with Crippen LogP contribution in [0, 0.1) is 13.8 Å². The van der Waals surface area contributed by atoms with Crippen molar-refractivity contribution in [2.75, 3.05) is 0 Å². The Bertz CT molecular complexity index is 428. The first-order valence-corrected chi connectivity index (χ1v) is 4.94. The smallest absolute Gasteiger partial charge is 0.333 e. The summed E-state index contributed by atoms with van der Waals surface area (Å²) in [6.45, 7) is 5.24. The second-order valence-electron chi connectivity index (χ2n) is 4.01. The molecule has 0 heterocycles. The molecule has 0 radical (unpaired) electrons. The molecular weight excluding hydrogens is 206 g/mol. The van der Waals surface area contributed by atoms with Gasteiger partial charge in [0.2, 0.25) is 6.41 Å². The van der Waals surface area contributed by atoms with Crippen molar-refractivity contribution in [3.63, 3.8) is 0 Å². The first kappa shape index (κ1) is 12.2. The molecule has 2 N–H and O–H groups in total. The lowest BCUT2D eigenvalue weighted by molar-refractivity contribution is -0.145. The molecule has 0 aliphatic rings. The Balaban J connectivity index is 3.31. The number of carbonyl (C=O) groups excluding carboxylic acids is 1. The number of hydrogen-bond donors (Lipinski definition) is 2. The molecule has 1 aromatic rings. The summed E-state index contributed by atoms with van der Waals surface area (Å²) in [5.74, 6) is -1.08. The molecule has 1 aromatic carbocycles. The van der Waals surface area contributed by atoms with Crippen LogP contribution in [0.2, 0.25) is 0 Å². The van der Waals surface area contributed by atoms with E-state index >= 15 is 0 Å². The van der Waals surface area contributed by atoms with Crippen molar-refractivity contribution < 1.29 is 14.7 Å². The maximum atomic E-state index is 11.2. The summed E-state index contributed by atoms with van der Waals surface area (Å²) >= 11 is 0. The summed E-state index contributed by atoms with van der Waals surface area (Å²) in [5, 5.41) is 11.5. The molecule has 1 rings (SSSR count). The van der Waals surface area contributed by atoms with Crippen LogP contribution in [0.25, 0.3) is 0 Å². The topological polar surface area (TPSA) is 66.4 Å². The fraction of sp³-hybridized carbons (Fsp3) is 0.333. The van der Waals surface area contributed by atoms with Gasteiger partial charge in [-0.2, -0.15) is 0 Å². The van der Waals surface area contributed by atoms with Gasteiger partial charge in [0.25, 0.3) is 0 Å². The number of aliphatic carboxylic acids is 1. The summed E-state index contributed by atoms with van der Waals surface area (Å²) in [5.41, 5.74) is 1.12. The third-order valence-electron chi connectivity index (χ3n) is 2.70. The fourth-order valence-corrected chi connectivity index (χ4v) is 1.75. The van der Waals surface area contributed by atoms with E-state index in [0.29, 0.717) is 12.0 Å². The number of carboxylic acids is 1. The van der Waals surface area contributed by atoms with Gasteiger partial charge < -0.3 is 10.4 Å². The van der Waals surface area contributed by atoms with Crippen molar-refractivity contribution in [3.8, 4) is 0 Å². The van der Waals surface area contributed by atoms with E-state index in [1.54, 1.807) is 6.07 Å². The fourth-order valence-electron chi connectivity index (χ4n) is 1.75. The van der Waals surface area contributed by atoms with Crippen molar-refractivity contribution in [1.82, 2.24) is 5.32 Å². The lowest BCUT2D eigenvalue weighted by Gasteiger charge is -2.26. The minimum atomic E-state index is -1.38. The minimum absolute atomic E-state index is 0.410. The number of amides is 1. The molecule has 16 heavy (non-hydrogen) atoms. The highest BCUT2D eigenvalue weighted by Crippen LogP contribution is 2.24. The largest absolute Gasteiger partial charge is 0.479 e. The van der Waals surface area contributed by atoms with Gasteiger partial charge in [-0.1, -0.05) is 23.8 Å². The van der Waals surface area contributed by atoms with Gasteiger partial charge in [0, 0.05) is 0 Å². The normalized spacial score (nSPS) is 13.9. The van der Waals surface area contributed by atoms with Gasteiger partial charge in [0.1, 0.15) is 0 Å². The predicted molar refractivity (Wildman–Crippen MR) is 60.1 cm³/mol. The molecule has 1 atom stereocenters. The SMILES string of the molecule is Cc1ccc(C(C)(NC=O)C(=O)O)c(C)c1. The lowest BCUT2D eigenvalue weighted by Crippen LogP contribution is -2.46. The zero-order chi connectivity index (χ0) is 12.3. The van der Waals surface area contributed by atoms with Crippen LogP contribution < -0.4 is 5.32 Å². The van der Waals surface area contributed by atoms with E-state index in [1.165, 1.54) is 6.92 Å². The zero-order valence-electron chi connectivity index (χ0n) is 9.57. The number of nitrogens with one attached hydrogen (secondary N) is 1. The first-order chi connectivity index (χ1) is 7.41. The minimum Gasteiger partial charge on any atom is -0.479 e. The van der Waals surface area contributed by atoms with Gasteiger partial charge in [-0.15, -0.1) is 0 Å². The molecule has 86 valence electrons. The van der Waals surface area contributed by atoms with Crippen molar-refractivity contribution in [2.45, 2.75) is 26.3 Å². The molecule has 0 aliphatic carbocycles. The highest BCUT2D eigenvalue weighted by molar-refractivity contribution is 5.83. The Labute approximate surface area is 94.3 Å². The number of aryl methyl sites for hydroxylation is 2. The number of benzene rings is 1. The maximum absolute atomic E-state index is 11.2. The highest BCUT2D eigenvalue weighted by atomic mass is 16.4. The molecular formula is C12H15NO3. The van der Waals surface area contributed by atoms with Crippen LogP contribution in [0.15, 0.2) is 18.2 Å². The van der Waals surface area contributed by atoms with Gasteiger partial charge in [-0.3, -0.25) is 4.79 Å². The average molecular weight is 221 g/mol. The monoisotopic (exact) mass is 221 g/mol. The highest BCUT2D eigenvalue weighted by Gasteiger charge is 2.35. The Morgan fingerprint density at radius 1 is 1.44 bits per heavy atom. The van der Waals surface area contributed by atoms with Gasteiger partial charge in [-0.05, 0) is 31.9 Å². The molecule has 1 amide bonds. The lowest BCUT2D eigenvalue weighted by atomic mass is 9.88. The van der Waals surface area contributed by atoms with Crippen molar-refractivity contribution in [3.05, 3.63) is 34.9 Å². The number of rotatable bonds is 4. The molecule has 0 saturated carbocycles. The summed E-state index contributed by atoms with van der Waals surface area (Å²) in [6, 6.07) is 5.45. The number of carboxylic acid groups (broad SMARTS) is 1. The Morgan fingerprint density at radius 3 is 2.50 bits per heavy atom. The third kappa shape index (κ3) is 2.05. The maximum Gasteiger partial charge on any atom is 0.333 e. The number of carbonyl (C=O) groups is 2. The molecule has 0 saturated heterocycles. The summed E-state index contributed by atoms with van der Waals surface area (Å²) in [4.78, 5) is 21.7. The summed E-state index contributed by atoms with van der Waals surface area (Å²) in [6.07, 6.45) is 0.410. The van der Waals surface area contributed by atoms with E-state index in [4.69, 9.17) is 0 Å². The van der Waals surface area contributed by atoms with Crippen LogP contribution >= 0.6 is 0 Å².